The third kappa shape index (κ3) is 2.11. The van der Waals surface area contributed by atoms with Crippen LogP contribution in [0.4, 0.5) is 4.79 Å². The molecule has 116 valence electrons. The van der Waals surface area contributed by atoms with Crippen molar-refractivity contribution in [3.05, 3.63) is 45.9 Å². The zero-order chi connectivity index (χ0) is 15.9. The van der Waals surface area contributed by atoms with Crippen LogP contribution in [0.3, 0.4) is 0 Å². The van der Waals surface area contributed by atoms with Gasteiger partial charge in [0.1, 0.15) is 0 Å². The Hall–Kier alpha value is -1.32. The van der Waals surface area contributed by atoms with Gasteiger partial charge in [-0.15, -0.1) is 0 Å². The number of amides is 1. The van der Waals surface area contributed by atoms with E-state index in [1.165, 1.54) is 17.2 Å². The molecule has 1 N–H and O–H groups in total. The number of nitrogens with zero attached hydrogens (tertiary/aromatic N) is 1. The molecule has 0 fully saturated rings. The summed E-state index contributed by atoms with van der Waals surface area (Å²) in [4.78, 5) is 12.1. The first-order valence-electron chi connectivity index (χ1n) is 8.05. The summed E-state index contributed by atoms with van der Waals surface area (Å²) in [6.45, 7) is 7.11. The summed E-state index contributed by atoms with van der Waals surface area (Å²) in [7, 11) is 0. The summed E-state index contributed by atoms with van der Waals surface area (Å²) in [6.07, 6.45) is 5.59. The van der Waals surface area contributed by atoms with Crippen LogP contribution in [0.2, 0.25) is 0 Å². The average molecular weight is 333 g/mol. The Morgan fingerprint density at radius 1 is 1.32 bits per heavy atom. The van der Waals surface area contributed by atoms with Crippen molar-refractivity contribution in [1.29, 1.82) is 0 Å². The molecule has 1 heterocycles. The molecule has 0 saturated carbocycles. The molecule has 0 saturated heterocycles. The Morgan fingerprint density at radius 3 is 2.41 bits per heavy atom. The van der Waals surface area contributed by atoms with Crippen molar-refractivity contribution < 1.29 is 26.7 Å². The molecule has 0 bridgehead atoms. The van der Waals surface area contributed by atoms with Gasteiger partial charge in [0.05, 0.1) is 0 Å². The van der Waals surface area contributed by atoms with Crippen LogP contribution in [0.5, 0.6) is 0 Å². The summed E-state index contributed by atoms with van der Waals surface area (Å²) in [5.74, 6) is 0.357. The molecule has 3 nitrogen and oxygen atoms in total. The van der Waals surface area contributed by atoms with Crippen molar-refractivity contribution in [1.82, 2.24) is 3.38 Å². The van der Waals surface area contributed by atoms with Gasteiger partial charge in [-0.2, -0.15) is 0 Å². The maximum absolute atomic E-state index is 12.1. The van der Waals surface area contributed by atoms with Crippen molar-refractivity contribution in [2.75, 3.05) is 6.54 Å². The number of allylic oxidation sites excluding steroid dienone is 4. The Balaban J connectivity index is 2.11. The van der Waals surface area contributed by atoms with Crippen LogP contribution in [-0.4, -0.2) is 21.1 Å². The second-order valence-corrected chi connectivity index (χ2v) is 11.9. The fourth-order valence-electron chi connectivity index (χ4n) is 3.93. The van der Waals surface area contributed by atoms with Gasteiger partial charge in [0.25, 0.3) is 0 Å². The van der Waals surface area contributed by atoms with Gasteiger partial charge in [0, 0.05) is 0 Å². The van der Waals surface area contributed by atoms with Crippen LogP contribution in [-0.2, 0) is 16.8 Å². The first-order chi connectivity index (χ1) is 10.5. The van der Waals surface area contributed by atoms with Gasteiger partial charge < -0.3 is 0 Å². The number of hydrogen-bond acceptors (Lipinski definition) is 1. The van der Waals surface area contributed by atoms with E-state index in [4.69, 9.17) is 0 Å². The zero-order valence-electron chi connectivity index (χ0n) is 13.5. The van der Waals surface area contributed by atoms with Gasteiger partial charge in [0.15, 0.2) is 0 Å². The molecule has 1 aliphatic heterocycles. The van der Waals surface area contributed by atoms with Crippen molar-refractivity contribution in [2.45, 2.75) is 33.6 Å². The monoisotopic (exact) mass is 333 g/mol. The van der Waals surface area contributed by atoms with Gasteiger partial charge >= 0.3 is 136 Å². The summed E-state index contributed by atoms with van der Waals surface area (Å²) < 4.78 is 5.94. The SMILES string of the molecule is CCCC[N](C(=O)O)[Ti]1([C]2=C(C)C=CC2C)[c]2cccc[c]21. The van der Waals surface area contributed by atoms with Gasteiger partial charge in [-0.1, -0.05) is 0 Å². The molecule has 0 aromatic heterocycles. The minimum absolute atomic E-state index is 0.357. The molecule has 1 unspecified atom stereocenters. The molecule has 2 aliphatic rings. The predicted molar refractivity (Wildman–Crippen MR) is 86.4 cm³/mol. The quantitative estimate of drug-likeness (QED) is 0.840. The number of unbranched alkanes of at least 4 members (excludes halogenated alkanes) is 1. The second-order valence-electron chi connectivity index (χ2n) is 6.29. The number of carbonyl (C=O) groups is 1. The third-order valence-electron chi connectivity index (χ3n) is 4.92. The van der Waals surface area contributed by atoms with Crippen molar-refractivity contribution >= 4 is 13.8 Å². The van der Waals surface area contributed by atoms with E-state index in [1.54, 1.807) is 0 Å². The molecule has 4 heteroatoms. The molecular weight excluding hydrogens is 310 g/mol. The maximum atomic E-state index is 12.1. The summed E-state index contributed by atoms with van der Waals surface area (Å²) in [5, 5.41) is 9.91. The van der Waals surface area contributed by atoms with E-state index in [-0.39, 0.29) is 0 Å². The van der Waals surface area contributed by atoms with Crippen molar-refractivity contribution in [2.24, 2.45) is 5.92 Å². The predicted octanol–water partition coefficient (Wildman–Crippen LogP) is 3.28. The van der Waals surface area contributed by atoms with Gasteiger partial charge in [-0.3, -0.25) is 0 Å². The molecule has 1 atom stereocenters. The van der Waals surface area contributed by atoms with E-state index in [1.807, 2.05) is 3.38 Å². The van der Waals surface area contributed by atoms with Crippen LogP contribution < -0.4 is 7.74 Å². The summed E-state index contributed by atoms with van der Waals surface area (Å²) in [6, 6.07) is 8.41. The normalized spacial score (nSPS) is 21.0. The van der Waals surface area contributed by atoms with Gasteiger partial charge in [-0.25, -0.2) is 0 Å². The zero-order valence-corrected chi connectivity index (χ0v) is 15.0. The first kappa shape index (κ1) is 15.6. The van der Waals surface area contributed by atoms with E-state index in [2.05, 4.69) is 57.2 Å². The number of fused-ring (bicyclic) bond motifs is 1. The van der Waals surface area contributed by atoms with Crippen LogP contribution in [0.15, 0.2) is 45.9 Å². The van der Waals surface area contributed by atoms with E-state index < -0.39 is 22.9 Å². The second kappa shape index (κ2) is 5.71. The number of rotatable bonds is 5. The summed E-state index contributed by atoms with van der Waals surface area (Å²) in [5.41, 5.74) is 1.28. The van der Waals surface area contributed by atoms with E-state index in [0.717, 1.165) is 12.8 Å². The Morgan fingerprint density at radius 2 is 1.95 bits per heavy atom. The Kier molecular flexibility index (Phi) is 4.04. The van der Waals surface area contributed by atoms with Crippen molar-refractivity contribution in [3.63, 3.8) is 0 Å². The van der Waals surface area contributed by atoms with Crippen LogP contribution in [0.25, 0.3) is 0 Å². The van der Waals surface area contributed by atoms with Gasteiger partial charge in [0.2, 0.25) is 0 Å². The molecule has 3 rings (SSSR count). The topological polar surface area (TPSA) is 40.5 Å². The third-order valence-corrected chi connectivity index (χ3v) is 12.8. The molecule has 0 spiro atoms. The molecule has 1 aromatic carbocycles. The molecule has 1 aliphatic carbocycles. The molecule has 1 aromatic rings. The van der Waals surface area contributed by atoms with Gasteiger partial charge in [-0.05, 0) is 0 Å². The van der Waals surface area contributed by atoms with Crippen molar-refractivity contribution in [3.8, 4) is 0 Å². The van der Waals surface area contributed by atoms with Crippen LogP contribution >= 0.6 is 0 Å². The molecular formula is C18H23NO2Ti. The standard InChI is InChI=1S/C7H9.C6H4.C5H10NO2.Ti/c1-6-3-4-7(2)5-6;1-2-4-6-5-3-1;1-2-3-4-6-5(7)8;/h3-4,6H,1-2H3;1-4H;2-4H2,1H3,(H,7,8);/q;;-1;+1. The van der Waals surface area contributed by atoms with Crippen LogP contribution in [0.1, 0.15) is 33.6 Å². The van der Waals surface area contributed by atoms with E-state index in [0.29, 0.717) is 12.5 Å². The minimum atomic E-state index is -3.00. The number of carboxylic acid groups (broad SMARTS) is 1. The molecule has 0 radical (unpaired) electrons. The molecule has 1 amide bonds. The number of hydrogen-bond donors (Lipinski definition) is 1. The van der Waals surface area contributed by atoms with E-state index in [9.17, 15) is 9.90 Å². The first-order valence-corrected chi connectivity index (χ1v) is 11.1. The average Bonchev–Trinajstić information content (AvgIpc) is 3.02. The summed E-state index contributed by atoms with van der Waals surface area (Å²) >= 11 is -3.00. The Labute approximate surface area is 136 Å². The Bertz CT molecular complexity index is 654. The van der Waals surface area contributed by atoms with E-state index >= 15 is 0 Å². The van der Waals surface area contributed by atoms with Crippen LogP contribution in [0, 0.1) is 5.92 Å². The molecule has 22 heavy (non-hydrogen) atoms. The number of benzene rings is 1. The fourth-order valence-corrected chi connectivity index (χ4v) is 12.7. The fraction of sp³-hybridized carbons (Fsp3) is 0.389.